The minimum Gasteiger partial charge on any atom is -0.326 e. The summed E-state index contributed by atoms with van der Waals surface area (Å²) in [6.07, 6.45) is 2.09. The van der Waals surface area contributed by atoms with Crippen LogP contribution in [0, 0.1) is 11.7 Å². The van der Waals surface area contributed by atoms with E-state index in [1.165, 1.54) is 12.1 Å². The second-order valence-corrected chi connectivity index (χ2v) is 6.46. The SMILES string of the molecule is CSCC(C)Cn1c(C(C)Cl)nc2ccc(F)cc21. The number of rotatable bonds is 5. The van der Waals surface area contributed by atoms with Crippen LogP contribution >= 0.6 is 23.4 Å². The molecule has 0 amide bonds. The Morgan fingerprint density at radius 2 is 2.16 bits per heavy atom. The highest BCUT2D eigenvalue weighted by atomic mass is 35.5. The maximum atomic E-state index is 13.4. The predicted octanol–water partition coefficient (Wildman–Crippen LogP) is 4.47. The third kappa shape index (κ3) is 3.23. The van der Waals surface area contributed by atoms with Gasteiger partial charge in [-0.15, -0.1) is 11.6 Å². The maximum absolute atomic E-state index is 13.4. The van der Waals surface area contributed by atoms with E-state index in [1.54, 1.807) is 6.07 Å². The molecule has 1 aromatic carbocycles. The fourth-order valence-corrected chi connectivity index (χ4v) is 3.10. The molecule has 0 saturated heterocycles. The maximum Gasteiger partial charge on any atom is 0.127 e. The Kier molecular flexibility index (Phi) is 4.74. The van der Waals surface area contributed by atoms with Crippen molar-refractivity contribution in [2.45, 2.75) is 25.8 Å². The van der Waals surface area contributed by atoms with Crippen LogP contribution in [0.25, 0.3) is 11.0 Å². The number of hydrogen-bond acceptors (Lipinski definition) is 2. The van der Waals surface area contributed by atoms with E-state index < -0.39 is 0 Å². The molecule has 104 valence electrons. The van der Waals surface area contributed by atoms with Gasteiger partial charge in [0.25, 0.3) is 0 Å². The third-order valence-electron chi connectivity index (χ3n) is 3.04. The molecule has 1 heterocycles. The molecule has 5 heteroatoms. The van der Waals surface area contributed by atoms with E-state index in [0.717, 1.165) is 29.2 Å². The van der Waals surface area contributed by atoms with Gasteiger partial charge in [0.15, 0.2) is 0 Å². The van der Waals surface area contributed by atoms with Crippen LogP contribution in [0.3, 0.4) is 0 Å². The van der Waals surface area contributed by atoms with Crippen molar-refractivity contribution >= 4 is 34.4 Å². The monoisotopic (exact) mass is 300 g/mol. The Bertz CT molecular complexity index is 568. The highest BCUT2D eigenvalue weighted by Crippen LogP contribution is 2.26. The van der Waals surface area contributed by atoms with Gasteiger partial charge in [-0.05, 0) is 43.0 Å². The Balaban J connectivity index is 2.47. The van der Waals surface area contributed by atoms with Gasteiger partial charge in [0.05, 0.1) is 16.4 Å². The molecular weight excluding hydrogens is 283 g/mol. The molecule has 2 unspecified atom stereocenters. The number of hydrogen-bond donors (Lipinski definition) is 0. The molecule has 2 rings (SSSR count). The lowest BCUT2D eigenvalue weighted by atomic mass is 10.2. The summed E-state index contributed by atoms with van der Waals surface area (Å²) in [5.41, 5.74) is 1.63. The van der Waals surface area contributed by atoms with Gasteiger partial charge in [0, 0.05) is 6.54 Å². The van der Waals surface area contributed by atoms with Gasteiger partial charge in [-0.2, -0.15) is 11.8 Å². The number of benzene rings is 1. The van der Waals surface area contributed by atoms with Crippen molar-refractivity contribution in [3.8, 4) is 0 Å². The average Bonchev–Trinajstić information content (AvgIpc) is 2.68. The highest BCUT2D eigenvalue weighted by molar-refractivity contribution is 7.98. The molecule has 0 fully saturated rings. The number of halogens is 2. The number of imidazole rings is 1. The summed E-state index contributed by atoms with van der Waals surface area (Å²) in [6, 6.07) is 4.69. The fourth-order valence-electron chi connectivity index (χ4n) is 2.26. The van der Waals surface area contributed by atoms with Crippen LogP contribution in [0.15, 0.2) is 18.2 Å². The lowest BCUT2D eigenvalue weighted by Gasteiger charge is -2.15. The van der Waals surface area contributed by atoms with Crippen LogP contribution in [0.5, 0.6) is 0 Å². The summed E-state index contributed by atoms with van der Waals surface area (Å²) in [7, 11) is 0. The zero-order chi connectivity index (χ0) is 14.0. The van der Waals surface area contributed by atoms with E-state index in [4.69, 9.17) is 11.6 Å². The number of thioether (sulfide) groups is 1. The van der Waals surface area contributed by atoms with E-state index in [0.29, 0.717) is 5.92 Å². The molecule has 1 aromatic heterocycles. The minimum absolute atomic E-state index is 0.183. The van der Waals surface area contributed by atoms with Crippen molar-refractivity contribution in [1.82, 2.24) is 9.55 Å². The minimum atomic E-state index is -0.236. The topological polar surface area (TPSA) is 17.8 Å². The summed E-state index contributed by atoms with van der Waals surface area (Å²) in [5.74, 6) is 2.13. The van der Waals surface area contributed by atoms with Gasteiger partial charge in [-0.1, -0.05) is 6.92 Å². The molecule has 19 heavy (non-hydrogen) atoms. The van der Waals surface area contributed by atoms with Crippen LogP contribution < -0.4 is 0 Å². The second kappa shape index (κ2) is 6.14. The van der Waals surface area contributed by atoms with E-state index in [-0.39, 0.29) is 11.2 Å². The van der Waals surface area contributed by atoms with Crippen molar-refractivity contribution in [2.75, 3.05) is 12.0 Å². The molecule has 0 N–H and O–H groups in total. The van der Waals surface area contributed by atoms with E-state index in [1.807, 2.05) is 18.7 Å². The number of aromatic nitrogens is 2. The van der Waals surface area contributed by atoms with Crippen LogP contribution in [0.2, 0.25) is 0 Å². The Morgan fingerprint density at radius 1 is 1.42 bits per heavy atom. The van der Waals surface area contributed by atoms with Gasteiger partial charge in [-0.25, -0.2) is 9.37 Å². The molecule has 0 aliphatic rings. The van der Waals surface area contributed by atoms with Gasteiger partial charge >= 0.3 is 0 Å². The van der Waals surface area contributed by atoms with Gasteiger partial charge in [0.1, 0.15) is 11.6 Å². The molecule has 0 saturated carbocycles. The van der Waals surface area contributed by atoms with Crippen LogP contribution in [0.4, 0.5) is 4.39 Å². The van der Waals surface area contributed by atoms with Crippen molar-refractivity contribution in [3.05, 3.63) is 29.8 Å². The van der Waals surface area contributed by atoms with Crippen LogP contribution in [0.1, 0.15) is 25.0 Å². The summed E-state index contributed by atoms with van der Waals surface area (Å²) in [6.45, 7) is 4.90. The first kappa shape index (κ1) is 14.7. The molecule has 0 radical (unpaired) electrons. The normalized spacial score (nSPS) is 14.8. The molecule has 0 aliphatic heterocycles. The Hall–Kier alpha value is -0.740. The van der Waals surface area contributed by atoms with Gasteiger partial charge in [-0.3, -0.25) is 0 Å². The molecule has 2 atom stereocenters. The fraction of sp³-hybridized carbons (Fsp3) is 0.500. The van der Waals surface area contributed by atoms with Crippen molar-refractivity contribution in [1.29, 1.82) is 0 Å². The summed E-state index contributed by atoms with van der Waals surface area (Å²) < 4.78 is 15.5. The number of alkyl halides is 1. The average molecular weight is 301 g/mol. The molecule has 0 aliphatic carbocycles. The van der Waals surface area contributed by atoms with E-state index in [2.05, 4.69) is 22.7 Å². The van der Waals surface area contributed by atoms with Crippen LogP contribution in [-0.4, -0.2) is 21.6 Å². The smallest absolute Gasteiger partial charge is 0.127 e. The van der Waals surface area contributed by atoms with Crippen molar-refractivity contribution in [2.24, 2.45) is 5.92 Å². The Morgan fingerprint density at radius 3 is 2.79 bits per heavy atom. The molecule has 0 bridgehead atoms. The molecule has 2 nitrogen and oxygen atoms in total. The Labute approximate surface area is 122 Å². The molecule has 0 spiro atoms. The number of nitrogens with zero attached hydrogens (tertiary/aromatic N) is 2. The van der Waals surface area contributed by atoms with Crippen molar-refractivity contribution < 1.29 is 4.39 Å². The lowest BCUT2D eigenvalue weighted by molar-refractivity contribution is 0.523. The first-order valence-electron chi connectivity index (χ1n) is 6.31. The standard InChI is InChI=1S/C14H18ClFN2S/c1-9(8-19-3)7-18-13-6-11(16)4-5-12(13)17-14(18)10(2)15/h4-6,9-10H,7-8H2,1-3H3. The third-order valence-corrected chi connectivity index (χ3v) is 4.14. The highest BCUT2D eigenvalue weighted by Gasteiger charge is 2.17. The first-order valence-corrected chi connectivity index (χ1v) is 8.14. The zero-order valence-corrected chi connectivity index (χ0v) is 12.9. The zero-order valence-electron chi connectivity index (χ0n) is 11.4. The summed E-state index contributed by atoms with van der Waals surface area (Å²) >= 11 is 8.01. The van der Waals surface area contributed by atoms with Crippen LogP contribution in [-0.2, 0) is 6.54 Å². The van der Waals surface area contributed by atoms with Crippen molar-refractivity contribution in [3.63, 3.8) is 0 Å². The van der Waals surface area contributed by atoms with E-state index >= 15 is 0 Å². The summed E-state index contributed by atoms with van der Waals surface area (Å²) in [5, 5.41) is -0.183. The summed E-state index contributed by atoms with van der Waals surface area (Å²) in [4.78, 5) is 4.52. The number of fused-ring (bicyclic) bond motifs is 1. The quantitative estimate of drug-likeness (QED) is 0.758. The second-order valence-electron chi connectivity index (χ2n) is 4.89. The first-order chi connectivity index (χ1) is 9.02. The van der Waals surface area contributed by atoms with Gasteiger partial charge in [0.2, 0.25) is 0 Å². The van der Waals surface area contributed by atoms with E-state index in [9.17, 15) is 4.39 Å². The lowest BCUT2D eigenvalue weighted by Crippen LogP contribution is -2.13. The molecular formula is C14H18ClFN2S. The van der Waals surface area contributed by atoms with Gasteiger partial charge < -0.3 is 4.57 Å². The molecule has 2 aromatic rings. The predicted molar refractivity (Wildman–Crippen MR) is 81.5 cm³/mol. The largest absolute Gasteiger partial charge is 0.326 e.